The fourth-order valence-electron chi connectivity index (χ4n) is 4.08. The smallest absolute Gasteiger partial charge is 0.260 e. The number of benzene rings is 2. The monoisotopic (exact) mass is 518 g/mol. The van der Waals surface area contributed by atoms with Crippen molar-refractivity contribution in [2.45, 2.75) is 13.3 Å². The highest BCUT2D eigenvalue weighted by Crippen LogP contribution is 2.37. The highest BCUT2D eigenvalue weighted by atomic mass is 35.5. The largest absolute Gasteiger partial charge is 0.494 e. The molecule has 0 saturated carbocycles. The third kappa shape index (κ3) is 5.04. The quantitative estimate of drug-likeness (QED) is 0.342. The number of ether oxygens (including phenoxy) is 2. The van der Waals surface area contributed by atoms with Crippen molar-refractivity contribution >= 4 is 66.6 Å². The molecule has 180 valence electrons. The van der Waals surface area contributed by atoms with Crippen LogP contribution in [0.4, 0.5) is 5.13 Å². The van der Waals surface area contributed by atoms with E-state index in [2.05, 4.69) is 16.8 Å². The summed E-state index contributed by atoms with van der Waals surface area (Å²) in [6.07, 6.45) is 0.862. The van der Waals surface area contributed by atoms with Crippen LogP contribution in [0.2, 0.25) is 0 Å². The SMILES string of the molecule is COc1ccc(C)c2sc(N(CCCN3CCOCC3)C(=O)c3ccc4ncsc4c3)nc12.Cl. The van der Waals surface area contributed by atoms with Crippen LogP contribution in [0.5, 0.6) is 5.75 Å². The first kappa shape index (κ1) is 24.8. The van der Waals surface area contributed by atoms with Crippen molar-refractivity contribution in [2.24, 2.45) is 0 Å². The van der Waals surface area contributed by atoms with Crippen LogP contribution in [-0.4, -0.2) is 67.3 Å². The molecule has 0 aliphatic carbocycles. The van der Waals surface area contributed by atoms with E-state index >= 15 is 0 Å². The van der Waals surface area contributed by atoms with Crippen molar-refractivity contribution in [1.29, 1.82) is 0 Å². The summed E-state index contributed by atoms with van der Waals surface area (Å²) in [4.78, 5) is 27.1. The van der Waals surface area contributed by atoms with Crippen LogP contribution in [0.3, 0.4) is 0 Å². The average Bonchev–Trinajstić information content (AvgIpc) is 3.50. The van der Waals surface area contributed by atoms with Crippen LogP contribution in [-0.2, 0) is 4.74 Å². The molecule has 0 spiro atoms. The van der Waals surface area contributed by atoms with Gasteiger partial charge in [-0.2, -0.15) is 0 Å². The number of carbonyl (C=O) groups is 1. The van der Waals surface area contributed by atoms with Crippen molar-refractivity contribution in [3.8, 4) is 5.75 Å². The lowest BCUT2D eigenvalue weighted by molar-refractivity contribution is 0.0376. The summed E-state index contributed by atoms with van der Waals surface area (Å²) in [5.74, 6) is 0.688. The van der Waals surface area contributed by atoms with Gasteiger partial charge in [0.2, 0.25) is 0 Å². The number of aromatic nitrogens is 2. The first-order chi connectivity index (χ1) is 16.1. The molecule has 0 atom stereocenters. The van der Waals surface area contributed by atoms with Gasteiger partial charge in [-0.3, -0.25) is 14.6 Å². The Morgan fingerprint density at radius 1 is 1.24 bits per heavy atom. The first-order valence-electron chi connectivity index (χ1n) is 11.0. The number of thiazole rings is 2. The predicted molar refractivity (Wildman–Crippen MR) is 141 cm³/mol. The van der Waals surface area contributed by atoms with E-state index in [0.717, 1.165) is 71.0 Å². The van der Waals surface area contributed by atoms with E-state index in [0.29, 0.717) is 17.2 Å². The van der Waals surface area contributed by atoms with Crippen LogP contribution in [0.25, 0.3) is 20.4 Å². The summed E-state index contributed by atoms with van der Waals surface area (Å²) in [7, 11) is 1.65. The molecular formula is C24H27ClN4O3S2. The molecule has 2 aromatic carbocycles. The van der Waals surface area contributed by atoms with Crippen molar-refractivity contribution in [3.05, 3.63) is 47.0 Å². The number of rotatable bonds is 7. The summed E-state index contributed by atoms with van der Waals surface area (Å²) in [6.45, 7) is 7.00. The third-order valence-corrected chi connectivity index (χ3v) is 7.93. The Morgan fingerprint density at radius 3 is 2.85 bits per heavy atom. The molecule has 2 aromatic heterocycles. The van der Waals surface area contributed by atoms with Gasteiger partial charge in [-0.15, -0.1) is 23.7 Å². The summed E-state index contributed by atoms with van der Waals surface area (Å²) in [6, 6.07) is 9.67. The van der Waals surface area contributed by atoms with Gasteiger partial charge in [0.05, 0.1) is 40.8 Å². The Balaban J connectivity index is 0.00000274. The predicted octanol–water partition coefficient (Wildman–Crippen LogP) is 5.01. The maximum absolute atomic E-state index is 13.7. The summed E-state index contributed by atoms with van der Waals surface area (Å²) < 4.78 is 13.1. The number of hydrogen-bond acceptors (Lipinski definition) is 8. The maximum Gasteiger partial charge on any atom is 0.260 e. The normalized spacial score (nSPS) is 14.3. The van der Waals surface area contributed by atoms with Gasteiger partial charge >= 0.3 is 0 Å². The van der Waals surface area contributed by atoms with Crippen molar-refractivity contribution in [1.82, 2.24) is 14.9 Å². The highest BCUT2D eigenvalue weighted by Gasteiger charge is 2.24. The minimum atomic E-state index is -0.0389. The molecule has 7 nitrogen and oxygen atoms in total. The first-order valence-corrected chi connectivity index (χ1v) is 12.7. The molecule has 1 aliphatic heterocycles. The lowest BCUT2D eigenvalue weighted by atomic mass is 10.2. The molecule has 0 N–H and O–H groups in total. The molecule has 4 aromatic rings. The molecule has 3 heterocycles. The van der Waals surface area contributed by atoms with Gasteiger partial charge in [0.1, 0.15) is 11.3 Å². The van der Waals surface area contributed by atoms with Gasteiger partial charge in [0.25, 0.3) is 5.91 Å². The number of nitrogens with zero attached hydrogens (tertiary/aromatic N) is 4. The van der Waals surface area contributed by atoms with E-state index in [-0.39, 0.29) is 18.3 Å². The van der Waals surface area contributed by atoms with Gasteiger partial charge < -0.3 is 9.47 Å². The van der Waals surface area contributed by atoms with E-state index < -0.39 is 0 Å². The second-order valence-electron chi connectivity index (χ2n) is 8.06. The molecule has 34 heavy (non-hydrogen) atoms. The number of fused-ring (bicyclic) bond motifs is 2. The number of anilines is 1. The zero-order chi connectivity index (χ0) is 22.8. The molecular weight excluding hydrogens is 492 g/mol. The second kappa shape index (κ2) is 11.0. The molecule has 5 rings (SSSR count). The number of hydrogen-bond donors (Lipinski definition) is 0. The lowest BCUT2D eigenvalue weighted by Gasteiger charge is -2.27. The molecule has 0 unspecified atom stereocenters. The average molecular weight is 519 g/mol. The number of halogens is 1. The fraction of sp³-hybridized carbons (Fsp3) is 0.375. The number of aryl methyl sites for hydroxylation is 1. The Bertz CT molecular complexity index is 1290. The number of amides is 1. The van der Waals surface area contributed by atoms with E-state index in [9.17, 15) is 4.79 Å². The minimum absolute atomic E-state index is 0. The standard InChI is InChI=1S/C24H26N4O3S2.ClH/c1-16-4-7-19(30-2)21-22(16)33-24(26-21)28(9-3-8-27-10-12-31-13-11-27)23(29)17-5-6-18-20(14-17)32-15-25-18;/h4-7,14-15H,3,8-13H2,1-2H3;1H. The molecule has 1 saturated heterocycles. The molecule has 0 bridgehead atoms. The molecule has 1 amide bonds. The van der Waals surface area contributed by atoms with E-state index in [1.807, 2.05) is 40.7 Å². The van der Waals surface area contributed by atoms with Gasteiger partial charge in [0, 0.05) is 31.7 Å². The van der Waals surface area contributed by atoms with Crippen LogP contribution >= 0.6 is 35.1 Å². The van der Waals surface area contributed by atoms with Gasteiger partial charge in [-0.1, -0.05) is 17.4 Å². The third-order valence-electron chi connectivity index (χ3n) is 5.93. The van der Waals surface area contributed by atoms with E-state index in [1.54, 1.807) is 29.8 Å². The molecule has 10 heteroatoms. The van der Waals surface area contributed by atoms with Crippen molar-refractivity contribution in [3.63, 3.8) is 0 Å². The number of methoxy groups -OCH3 is 1. The Morgan fingerprint density at radius 2 is 2.06 bits per heavy atom. The van der Waals surface area contributed by atoms with Crippen LogP contribution in [0.1, 0.15) is 22.3 Å². The Labute approximate surface area is 212 Å². The van der Waals surface area contributed by atoms with Gasteiger partial charge in [-0.25, -0.2) is 9.97 Å². The van der Waals surface area contributed by atoms with Crippen LogP contribution < -0.4 is 9.64 Å². The number of carbonyl (C=O) groups excluding carboxylic acids is 1. The van der Waals surface area contributed by atoms with Gasteiger partial charge in [-0.05, 0) is 43.2 Å². The van der Waals surface area contributed by atoms with E-state index in [4.69, 9.17) is 14.5 Å². The Kier molecular flexibility index (Phi) is 8.00. The van der Waals surface area contributed by atoms with Crippen LogP contribution in [0, 0.1) is 6.92 Å². The zero-order valence-corrected chi connectivity index (χ0v) is 21.6. The topological polar surface area (TPSA) is 67.8 Å². The number of morpholine rings is 1. The summed E-state index contributed by atoms with van der Waals surface area (Å²) in [5.41, 5.74) is 5.31. The summed E-state index contributed by atoms with van der Waals surface area (Å²) in [5, 5.41) is 0.703. The van der Waals surface area contributed by atoms with Crippen molar-refractivity contribution < 1.29 is 14.3 Å². The summed E-state index contributed by atoms with van der Waals surface area (Å²) >= 11 is 3.09. The second-order valence-corrected chi connectivity index (χ2v) is 9.92. The van der Waals surface area contributed by atoms with Crippen LogP contribution in [0.15, 0.2) is 35.8 Å². The van der Waals surface area contributed by atoms with Crippen molar-refractivity contribution in [2.75, 3.05) is 51.4 Å². The lowest BCUT2D eigenvalue weighted by Crippen LogP contribution is -2.39. The molecule has 1 aliphatic rings. The maximum atomic E-state index is 13.7. The minimum Gasteiger partial charge on any atom is -0.494 e. The zero-order valence-electron chi connectivity index (χ0n) is 19.2. The van der Waals surface area contributed by atoms with Gasteiger partial charge in [0.15, 0.2) is 5.13 Å². The Hall–Kier alpha value is -2.30. The highest BCUT2D eigenvalue weighted by molar-refractivity contribution is 7.22. The van der Waals surface area contributed by atoms with E-state index in [1.165, 1.54) is 0 Å². The molecule has 0 radical (unpaired) electrons. The fourth-order valence-corrected chi connectivity index (χ4v) is 5.88. The molecule has 1 fully saturated rings.